The molecule has 0 bridgehead atoms. The minimum absolute atomic E-state index is 0.0209. The number of hydroxylamine groups is 2. The summed E-state index contributed by atoms with van der Waals surface area (Å²) in [6.45, 7) is 7.19. The predicted octanol–water partition coefficient (Wildman–Crippen LogP) is 1.73. The van der Waals surface area contributed by atoms with Crippen LogP contribution in [0.15, 0.2) is 0 Å². The molecule has 0 spiro atoms. The van der Waals surface area contributed by atoms with Crippen LogP contribution in [-0.2, 0) is 24.3 Å². The number of hydrogen-bond acceptors (Lipinski definition) is 5. The van der Waals surface area contributed by atoms with Crippen LogP contribution in [0.3, 0.4) is 0 Å². The third kappa shape index (κ3) is 3.82. The number of carbonyl (C=O) groups excluding carboxylic acids is 2. The SMILES string of the molecule is CC1(C)CC(C(=O)OCCOC(=O)CI)C(C)(C)N1[O]. The van der Waals surface area contributed by atoms with Crippen LogP contribution < -0.4 is 0 Å². The van der Waals surface area contributed by atoms with Gasteiger partial charge in [-0.1, -0.05) is 22.6 Å². The Morgan fingerprint density at radius 3 is 2.20 bits per heavy atom. The van der Waals surface area contributed by atoms with Crippen molar-refractivity contribution in [1.29, 1.82) is 0 Å². The molecule has 0 N–H and O–H groups in total. The van der Waals surface area contributed by atoms with Gasteiger partial charge in [-0.05, 0) is 34.1 Å². The third-order valence-electron chi connectivity index (χ3n) is 3.61. The minimum Gasteiger partial charge on any atom is -0.462 e. The first-order valence-corrected chi connectivity index (χ1v) is 8.01. The second-order valence-electron chi connectivity index (χ2n) is 6.04. The standard InChI is InChI=1S/C13H21INO5/c1-12(2)7-9(13(3,4)15(12)18)11(17)20-6-5-19-10(16)8-14/h9H,5-8H2,1-4H3. The van der Waals surface area contributed by atoms with E-state index in [1.54, 1.807) is 13.8 Å². The zero-order valence-corrected chi connectivity index (χ0v) is 14.4. The Bertz CT molecular complexity index is 383. The van der Waals surface area contributed by atoms with E-state index in [9.17, 15) is 14.8 Å². The third-order valence-corrected chi connectivity index (χ3v) is 4.24. The topological polar surface area (TPSA) is 75.7 Å². The van der Waals surface area contributed by atoms with Crippen molar-refractivity contribution in [2.75, 3.05) is 17.6 Å². The Kier molecular flexibility index (Phi) is 5.79. The first-order chi connectivity index (χ1) is 9.13. The second-order valence-corrected chi connectivity index (χ2v) is 6.80. The van der Waals surface area contributed by atoms with Crippen LogP contribution in [0.5, 0.6) is 0 Å². The molecular formula is C13H21INO5. The predicted molar refractivity (Wildman–Crippen MR) is 79.6 cm³/mol. The highest BCUT2D eigenvalue weighted by molar-refractivity contribution is 14.1. The van der Waals surface area contributed by atoms with Gasteiger partial charge in [0, 0.05) is 5.54 Å². The van der Waals surface area contributed by atoms with E-state index in [2.05, 4.69) is 0 Å². The molecule has 1 heterocycles. The summed E-state index contributed by atoms with van der Waals surface area (Å²) in [5, 5.41) is 13.1. The lowest BCUT2D eigenvalue weighted by Crippen LogP contribution is -2.47. The molecule has 1 fully saturated rings. The van der Waals surface area contributed by atoms with Crippen molar-refractivity contribution in [3.8, 4) is 0 Å². The zero-order chi connectivity index (χ0) is 15.6. The molecule has 7 heteroatoms. The summed E-state index contributed by atoms with van der Waals surface area (Å²) in [5.74, 6) is -1.23. The van der Waals surface area contributed by atoms with Crippen molar-refractivity contribution < 1.29 is 24.3 Å². The molecular weight excluding hydrogens is 377 g/mol. The Morgan fingerprint density at radius 1 is 1.20 bits per heavy atom. The van der Waals surface area contributed by atoms with Crippen molar-refractivity contribution in [3.05, 3.63) is 0 Å². The fourth-order valence-corrected chi connectivity index (χ4v) is 2.78. The molecule has 6 nitrogen and oxygen atoms in total. The number of carbonyl (C=O) groups is 2. The highest BCUT2D eigenvalue weighted by Crippen LogP contribution is 2.44. The van der Waals surface area contributed by atoms with Crippen molar-refractivity contribution >= 4 is 34.5 Å². The first kappa shape index (κ1) is 17.6. The van der Waals surface area contributed by atoms with E-state index in [1.807, 2.05) is 36.4 Å². The Hall–Kier alpha value is -0.410. The van der Waals surface area contributed by atoms with Crippen molar-refractivity contribution in [2.24, 2.45) is 5.92 Å². The summed E-state index contributed by atoms with van der Waals surface area (Å²) < 4.78 is 10.2. The maximum atomic E-state index is 12.2. The van der Waals surface area contributed by atoms with E-state index in [0.29, 0.717) is 6.42 Å². The van der Waals surface area contributed by atoms with Crippen LogP contribution in [0.4, 0.5) is 0 Å². The van der Waals surface area contributed by atoms with Crippen LogP contribution in [0.25, 0.3) is 0 Å². The normalized spacial score (nSPS) is 24.4. The molecule has 20 heavy (non-hydrogen) atoms. The average Bonchev–Trinajstić information content (AvgIpc) is 2.54. The summed E-state index contributed by atoms with van der Waals surface area (Å²) >= 11 is 1.90. The number of nitrogens with zero attached hydrogens (tertiary/aromatic N) is 1. The molecule has 1 saturated heterocycles. The number of ether oxygens (including phenoxy) is 2. The van der Waals surface area contributed by atoms with Crippen LogP contribution in [-0.4, -0.2) is 45.7 Å². The van der Waals surface area contributed by atoms with Gasteiger partial charge in [0.05, 0.1) is 15.9 Å². The van der Waals surface area contributed by atoms with Gasteiger partial charge in [0.15, 0.2) is 0 Å². The van der Waals surface area contributed by atoms with Gasteiger partial charge >= 0.3 is 11.9 Å². The zero-order valence-electron chi connectivity index (χ0n) is 12.3. The number of rotatable bonds is 5. The van der Waals surface area contributed by atoms with Crippen LogP contribution in [0.1, 0.15) is 34.1 Å². The van der Waals surface area contributed by atoms with Gasteiger partial charge in [0.2, 0.25) is 0 Å². The highest BCUT2D eigenvalue weighted by atomic mass is 127. The summed E-state index contributed by atoms with van der Waals surface area (Å²) in [5.41, 5.74) is -1.37. The Labute approximate surface area is 132 Å². The molecule has 0 aromatic rings. The fourth-order valence-electron chi connectivity index (χ4n) is 2.56. The van der Waals surface area contributed by atoms with E-state index in [-0.39, 0.29) is 23.6 Å². The van der Waals surface area contributed by atoms with E-state index in [0.717, 1.165) is 5.06 Å². The van der Waals surface area contributed by atoms with Crippen LogP contribution in [0, 0.1) is 5.92 Å². The van der Waals surface area contributed by atoms with Crippen molar-refractivity contribution in [1.82, 2.24) is 5.06 Å². The van der Waals surface area contributed by atoms with Gasteiger partial charge < -0.3 is 9.47 Å². The average molecular weight is 398 g/mol. The molecule has 1 aliphatic rings. The number of esters is 2. The Balaban J connectivity index is 2.50. The second kappa shape index (κ2) is 6.57. The lowest BCUT2D eigenvalue weighted by Gasteiger charge is -2.32. The molecule has 1 rings (SSSR count). The molecule has 115 valence electrons. The van der Waals surface area contributed by atoms with Crippen molar-refractivity contribution in [2.45, 2.75) is 45.2 Å². The summed E-state index contributed by atoms with van der Waals surface area (Å²) in [6, 6.07) is 0. The summed E-state index contributed by atoms with van der Waals surface area (Å²) in [4.78, 5) is 23.0. The molecule has 0 aromatic carbocycles. The monoisotopic (exact) mass is 398 g/mol. The van der Waals surface area contributed by atoms with Gasteiger partial charge in [0.1, 0.15) is 13.2 Å². The van der Waals surface area contributed by atoms with Gasteiger partial charge in [-0.2, -0.15) is 0 Å². The van der Waals surface area contributed by atoms with E-state index < -0.39 is 23.0 Å². The molecule has 1 unspecified atom stereocenters. The molecule has 0 aromatic heterocycles. The van der Waals surface area contributed by atoms with Gasteiger partial charge in [-0.15, -0.1) is 10.3 Å². The lowest BCUT2D eigenvalue weighted by molar-refractivity contribution is -0.248. The quantitative estimate of drug-likeness (QED) is 0.305. The summed E-state index contributed by atoms with van der Waals surface area (Å²) in [6.07, 6.45) is 0.454. The van der Waals surface area contributed by atoms with Crippen LogP contribution in [0.2, 0.25) is 0 Å². The van der Waals surface area contributed by atoms with Crippen LogP contribution >= 0.6 is 22.6 Å². The lowest BCUT2D eigenvalue weighted by atomic mass is 9.87. The maximum Gasteiger partial charge on any atom is 0.315 e. The molecule has 0 saturated carbocycles. The van der Waals surface area contributed by atoms with Crippen molar-refractivity contribution in [3.63, 3.8) is 0 Å². The molecule has 1 aliphatic heterocycles. The molecule has 1 radical (unpaired) electrons. The van der Waals surface area contributed by atoms with Gasteiger partial charge in [-0.3, -0.25) is 9.59 Å². The number of halogens is 1. The van der Waals surface area contributed by atoms with E-state index in [1.165, 1.54) is 0 Å². The van der Waals surface area contributed by atoms with Gasteiger partial charge in [0.25, 0.3) is 0 Å². The fraction of sp³-hybridized carbons (Fsp3) is 0.846. The number of hydrogen-bond donors (Lipinski definition) is 0. The van der Waals surface area contributed by atoms with Gasteiger partial charge in [-0.25, -0.2) is 0 Å². The largest absolute Gasteiger partial charge is 0.462 e. The smallest absolute Gasteiger partial charge is 0.315 e. The maximum absolute atomic E-state index is 12.2. The Morgan fingerprint density at radius 2 is 1.75 bits per heavy atom. The molecule has 0 amide bonds. The molecule has 1 atom stereocenters. The highest BCUT2D eigenvalue weighted by Gasteiger charge is 2.55. The summed E-state index contributed by atoms with van der Waals surface area (Å²) in [7, 11) is 0. The molecule has 0 aliphatic carbocycles. The number of alkyl halides is 1. The minimum atomic E-state index is -0.792. The van der Waals surface area contributed by atoms with E-state index >= 15 is 0 Å². The first-order valence-electron chi connectivity index (χ1n) is 6.48. The van der Waals surface area contributed by atoms with E-state index in [4.69, 9.17) is 9.47 Å².